The first-order chi connectivity index (χ1) is 14.7. The van der Waals surface area contributed by atoms with Crippen molar-refractivity contribution in [2.45, 2.75) is 25.7 Å². The van der Waals surface area contributed by atoms with Crippen LogP contribution in [-0.4, -0.2) is 57.8 Å². The Morgan fingerprint density at radius 3 is 2.67 bits per heavy atom. The van der Waals surface area contributed by atoms with Crippen LogP contribution in [0.4, 0.5) is 0 Å². The normalized spacial score (nSPS) is 17.8. The van der Waals surface area contributed by atoms with Crippen molar-refractivity contribution in [3.05, 3.63) is 54.4 Å². The number of carbonyl (C=O) groups excluding carboxylic acids is 2. The predicted molar refractivity (Wildman–Crippen MR) is 116 cm³/mol. The Morgan fingerprint density at radius 1 is 1.10 bits per heavy atom. The lowest BCUT2D eigenvalue weighted by molar-refractivity contribution is -0.128. The predicted octanol–water partition coefficient (Wildman–Crippen LogP) is 3.70. The first-order valence-corrected chi connectivity index (χ1v) is 10.8. The van der Waals surface area contributed by atoms with Gasteiger partial charge in [0, 0.05) is 61.5 Å². The number of H-pyrrole nitrogens is 1. The Labute approximate surface area is 175 Å². The summed E-state index contributed by atoms with van der Waals surface area (Å²) in [6.07, 6.45) is 7.24. The van der Waals surface area contributed by atoms with E-state index in [0.717, 1.165) is 67.6 Å². The number of carbonyl (C=O) groups is 2. The van der Waals surface area contributed by atoms with Gasteiger partial charge in [0.25, 0.3) is 5.91 Å². The number of nitrogens with zero attached hydrogens (tertiary/aromatic N) is 3. The maximum Gasteiger partial charge on any atom is 0.255 e. The summed E-state index contributed by atoms with van der Waals surface area (Å²) >= 11 is 0. The molecule has 154 valence electrons. The lowest BCUT2D eigenvalue weighted by atomic mass is 9.95. The molecule has 6 heteroatoms. The van der Waals surface area contributed by atoms with E-state index in [0.29, 0.717) is 17.9 Å². The standard InChI is InChI=1S/C24H26N4O2/c29-23-6-3-11-28(23)16-17-9-12-27(13-10-17)24(30)18-7-8-22(25-14-18)20-15-26-21-5-2-1-4-19(20)21/h1-2,4-5,7-8,14-15,17,26H,3,6,9-13,16H2. The molecule has 0 unspecified atom stereocenters. The molecule has 6 nitrogen and oxygen atoms in total. The first kappa shape index (κ1) is 18.9. The Hall–Kier alpha value is -3.15. The number of pyridine rings is 1. The molecule has 0 atom stereocenters. The van der Waals surface area contributed by atoms with E-state index in [1.54, 1.807) is 6.20 Å². The largest absolute Gasteiger partial charge is 0.360 e. The number of piperidine rings is 1. The summed E-state index contributed by atoms with van der Waals surface area (Å²) < 4.78 is 0. The molecular formula is C24H26N4O2. The van der Waals surface area contributed by atoms with Gasteiger partial charge in [-0.1, -0.05) is 18.2 Å². The molecule has 2 saturated heterocycles. The Morgan fingerprint density at radius 2 is 1.93 bits per heavy atom. The number of aromatic nitrogens is 2. The van der Waals surface area contributed by atoms with Crippen molar-refractivity contribution in [1.82, 2.24) is 19.8 Å². The topological polar surface area (TPSA) is 69.3 Å². The molecule has 1 aromatic carbocycles. The summed E-state index contributed by atoms with van der Waals surface area (Å²) in [5.41, 5.74) is 3.61. The molecule has 0 bridgehead atoms. The van der Waals surface area contributed by atoms with Crippen LogP contribution < -0.4 is 0 Å². The molecule has 2 aromatic heterocycles. The minimum absolute atomic E-state index is 0.0451. The van der Waals surface area contributed by atoms with Gasteiger partial charge in [-0.05, 0) is 43.4 Å². The van der Waals surface area contributed by atoms with E-state index in [4.69, 9.17) is 0 Å². The zero-order valence-corrected chi connectivity index (χ0v) is 17.0. The van der Waals surface area contributed by atoms with E-state index in [2.05, 4.69) is 16.0 Å². The van der Waals surface area contributed by atoms with Gasteiger partial charge in [0.15, 0.2) is 0 Å². The Bertz CT molecular complexity index is 1060. The summed E-state index contributed by atoms with van der Waals surface area (Å²) in [6.45, 7) is 3.24. The summed E-state index contributed by atoms with van der Waals surface area (Å²) in [6, 6.07) is 11.9. The van der Waals surface area contributed by atoms with Crippen LogP contribution in [-0.2, 0) is 4.79 Å². The Kier molecular flexibility index (Phi) is 4.99. The summed E-state index contributed by atoms with van der Waals surface area (Å²) in [5.74, 6) is 0.831. The van der Waals surface area contributed by atoms with E-state index < -0.39 is 0 Å². The van der Waals surface area contributed by atoms with E-state index in [1.807, 2.05) is 46.3 Å². The van der Waals surface area contributed by atoms with Gasteiger partial charge >= 0.3 is 0 Å². The summed E-state index contributed by atoms with van der Waals surface area (Å²) in [7, 11) is 0. The third-order valence-corrected chi connectivity index (χ3v) is 6.43. The van der Waals surface area contributed by atoms with Crippen molar-refractivity contribution >= 4 is 22.7 Å². The van der Waals surface area contributed by atoms with Gasteiger partial charge < -0.3 is 14.8 Å². The van der Waals surface area contributed by atoms with Crippen LogP contribution in [0.3, 0.4) is 0 Å². The number of hydrogen-bond donors (Lipinski definition) is 1. The number of hydrogen-bond acceptors (Lipinski definition) is 3. The highest BCUT2D eigenvalue weighted by Crippen LogP contribution is 2.27. The van der Waals surface area contributed by atoms with Crippen LogP contribution >= 0.6 is 0 Å². The molecule has 2 amide bonds. The Balaban J connectivity index is 1.22. The van der Waals surface area contributed by atoms with Gasteiger partial charge in [-0.15, -0.1) is 0 Å². The fourth-order valence-corrected chi connectivity index (χ4v) is 4.67. The van der Waals surface area contributed by atoms with E-state index in [1.165, 1.54) is 0 Å². The average Bonchev–Trinajstić information content (AvgIpc) is 3.40. The van der Waals surface area contributed by atoms with E-state index >= 15 is 0 Å². The highest BCUT2D eigenvalue weighted by molar-refractivity contribution is 5.96. The maximum absolute atomic E-state index is 12.9. The minimum Gasteiger partial charge on any atom is -0.360 e. The number of fused-ring (bicyclic) bond motifs is 1. The van der Waals surface area contributed by atoms with Crippen molar-refractivity contribution in [3.8, 4) is 11.3 Å². The second-order valence-electron chi connectivity index (χ2n) is 8.36. The number of rotatable bonds is 4. The lowest BCUT2D eigenvalue weighted by Gasteiger charge is -2.34. The van der Waals surface area contributed by atoms with Gasteiger partial charge in [0.05, 0.1) is 11.3 Å². The number of benzene rings is 1. The minimum atomic E-state index is 0.0451. The molecule has 0 saturated carbocycles. The summed E-state index contributed by atoms with van der Waals surface area (Å²) in [4.78, 5) is 36.5. The van der Waals surface area contributed by atoms with Crippen molar-refractivity contribution in [3.63, 3.8) is 0 Å². The molecule has 2 fully saturated rings. The number of aromatic amines is 1. The molecule has 4 heterocycles. The molecule has 0 radical (unpaired) electrons. The second kappa shape index (κ2) is 7.94. The maximum atomic E-state index is 12.9. The zero-order chi connectivity index (χ0) is 20.5. The average molecular weight is 402 g/mol. The zero-order valence-electron chi connectivity index (χ0n) is 17.0. The molecule has 2 aliphatic heterocycles. The highest BCUT2D eigenvalue weighted by atomic mass is 16.2. The van der Waals surface area contributed by atoms with Gasteiger partial charge in [-0.3, -0.25) is 14.6 Å². The quantitative estimate of drug-likeness (QED) is 0.723. The van der Waals surface area contributed by atoms with Crippen LogP contribution in [0, 0.1) is 5.92 Å². The van der Waals surface area contributed by atoms with Crippen LogP contribution in [0.1, 0.15) is 36.0 Å². The van der Waals surface area contributed by atoms with Crippen molar-refractivity contribution < 1.29 is 9.59 Å². The number of amides is 2. The van der Waals surface area contributed by atoms with E-state index in [-0.39, 0.29) is 11.8 Å². The molecule has 5 rings (SSSR count). The first-order valence-electron chi connectivity index (χ1n) is 10.8. The highest BCUT2D eigenvalue weighted by Gasteiger charge is 2.28. The summed E-state index contributed by atoms with van der Waals surface area (Å²) in [5, 5.41) is 1.13. The number of para-hydroxylation sites is 1. The third kappa shape index (κ3) is 3.58. The van der Waals surface area contributed by atoms with Crippen molar-refractivity contribution in [2.24, 2.45) is 5.92 Å². The molecule has 30 heavy (non-hydrogen) atoms. The SMILES string of the molecule is O=C1CCCN1CC1CCN(C(=O)c2ccc(-c3c[nH]c4ccccc34)nc2)CC1. The van der Waals surface area contributed by atoms with Crippen LogP contribution in [0.2, 0.25) is 0 Å². The molecular weight excluding hydrogens is 376 g/mol. The van der Waals surface area contributed by atoms with Crippen LogP contribution in [0.15, 0.2) is 48.8 Å². The number of likely N-dealkylation sites (tertiary alicyclic amines) is 2. The monoisotopic (exact) mass is 402 g/mol. The van der Waals surface area contributed by atoms with Crippen molar-refractivity contribution in [2.75, 3.05) is 26.2 Å². The molecule has 0 spiro atoms. The molecule has 0 aliphatic carbocycles. The lowest BCUT2D eigenvalue weighted by Crippen LogP contribution is -2.41. The smallest absolute Gasteiger partial charge is 0.255 e. The van der Waals surface area contributed by atoms with Crippen LogP contribution in [0.5, 0.6) is 0 Å². The van der Waals surface area contributed by atoms with Gasteiger partial charge in [-0.25, -0.2) is 0 Å². The fraction of sp³-hybridized carbons (Fsp3) is 0.375. The van der Waals surface area contributed by atoms with Gasteiger partial charge in [0.1, 0.15) is 0 Å². The fourth-order valence-electron chi connectivity index (χ4n) is 4.67. The molecule has 1 N–H and O–H groups in total. The van der Waals surface area contributed by atoms with E-state index in [9.17, 15) is 9.59 Å². The second-order valence-corrected chi connectivity index (χ2v) is 8.36. The van der Waals surface area contributed by atoms with Crippen LogP contribution in [0.25, 0.3) is 22.2 Å². The molecule has 3 aromatic rings. The number of nitrogens with one attached hydrogen (secondary N) is 1. The van der Waals surface area contributed by atoms with Crippen molar-refractivity contribution in [1.29, 1.82) is 0 Å². The van der Waals surface area contributed by atoms with Gasteiger partial charge in [0.2, 0.25) is 5.91 Å². The third-order valence-electron chi connectivity index (χ3n) is 6.43. The molecule has 2 aliphatic rings. The van der Waals surface area contributed by atoms with Gasteiger partial charge in [-0.2, -0.15) is 0 Å².